The van der Waals surface area contributed by atoms with Gasteiger partial charge in [0.05, 0.1) is 12.2 Å². The zero-order chi connectivity index (χ0) is 14.7. The van der Waals surface area contributed by atoms with Gasteiger partial charge in [0.25, 0.3) is 0 Å². The van der Waals surface area contributed by atoms with Crippen LogP contribution >= 0.6 is 15.9 Å². The zero-order valence-electron chi connectivity index (χ0n) is 12.2. The van der Waals surface area contributed by atoms with Crippen LogP contribution in [0.1, 0.15) is 22.9 Å². The van der Waals surface area contributed by atoms with E-state index in [4.69, 9.17) is 5.73 Å². The fraction of sp³-hybridized carbons (Fsp3) is 0.400. The lowest BCUT2D eigenvalue weighted by Gasteiger charge is -2.27. The highest BCUT2D eigenvalue weighted by Crippen LogP contribution is 2.23. The van der Waals surface area contributed by atoms with Crippen molar-refractivity contribution < 1.29 is 0 Å². The van der Waals surface area contributed by atoms with Gasteiger partial charge in [-0.3, -0.25) is 9.58 Å². The van der Waals surface area contributed by atoms with Crippen molar-refractivity contribution in [1.82, 2.24) is 14.7 Å². The average Bonchev–Trinajstić information content (AvgIpc) is 2.72. The van der Waals surface area contributed by atoms with Gasteiger partial charge in [-0.1, -0.05) is 28.1 Å². The number of benzene rings is 1. The van der Waals surface area contributed by atoms with Crippen LogP contribution in [0, 0.1) is 6.92 Å². The second-order valence-electron chi connectivity index (χ2n) is 5.11. The summed E-state index contributed by atoms with van der Waals surface area (Å²) in [6.45, 7) is 3.52. The first-order chi connectivity index (χ1) is 9.52. The van der Waals surface area contributed by atoms with E-state index in [1.807, 2.05) is 24.0 Å². The van der Waals surface area contributed by atoms with Gasteiger partial charge in [-0.2, -0.15) is 5.10 Å². The Balaban J connectivity index is 2.17. The van der Waals surface area contributed by atoms with Crippen molar-refractivity contribution in [2.24, 2.45) is 12.8 Å². The van der Waals surface area contributed by atoms with Crippen LogP contribution in [-0.4, -0.2) is 28.3 Å². The van der Waals surface area contributed by atoms with Crippen molar-refractivity contribution in [3.8, 4) is 0 Å². The van der Waals surface area contributed by atoms with Gasteiger partial charge in [0, 0.05) is 35.9 Å². The van der Waals surface area contributed by atoms with Crippen LogP contribution in [0.15, 0.2) is 34.9 Å². The molecule has 0 fully saturated rings. The lowest BCUT2D eigenvalue weighted by atomic mass is 10.1. The maximum absolute atomic E-state index is 5.98. The largest absolute Gasteiger partial charge is 0.329 e. The van der Waals surface area contributed by atoms with E-state index in [-0.39, 0.29) is 6.04 Å². The molecule has 1 aromatic carbocycles. The lowest BCUT2D eigenvalue weighted by molar-refractivity contribution is 0.241. The molecule has 20 heavy (non-hydrogen) atoms. The van der Waals surface area contributed by atoms with E-state index in [2.05, 4.69) is 58.1 Å². The zero-order valence-corrected chi connectivity index (χ0v) is 13.8. The average molecular weight is 337 g/mol. The standard InChI is InChI=1S/C15H21BrN4/c1-11-14(9-18-20(11)3)15(8-17)19(2)10-12-5-4-6-13(16)7-12/h4-7,9,15H,8,10,17H2,1-3H3. The first kappa shape index (κ1) is 15.2. The van der Waals surface area contributed by atoms with Crippen LogP contribution in [0.2, 0.25) is 0 Å². The van der Waals surface area contributed by atoms with Crippen molar-refractivity contribution in [1.29, 1.82) is 0 Å². The monoisotopic (exact) mass is 336 g/mol. The number of hydrogen-bond acceptors (Lipinski definition) is 3. The molecule has 0 saturated carbocycles. The molecule has 0 aliphatic rings. The predicted molar refractivity (Wildman–Crippen MR) is 85.3 cm³/mol. The highest BCUT2D eigenvalue weighted by Gasteiger charge is 2.19. The first-order valence-corrected chi connectivity index (χ1v) is 7.45. The fourth-order valence-corrected chi connectivity index (χ4v) is 2.87. The maximum atomic E-state index is 5.98. The lowest BCUT2D eigenvalue weighted by Crippen LogP contribution is -2.30. The summed E-state index contributed by atoms with van der Waals surface area (Å²) in [5.74, 6) is 0. The van der Waals surface area contributed by atoms with E-state index in [0.29, 0.717) is 6.54 Å². The SMILES string of the molecule is Cc1c(C(CN)N(C)Cc2cccc(Br)c2)cnn1C. The molecule has 1 atom stereocenters. The Hall–Kier alpha value is -1.17. The number of nitrogens with two attached hydrogens (primary N) is 1. The summed E-state index contributed by atoms with van der Waals surface area (Å²) in [5.41, 5.74) is 9.61. The molecule has 0 saturated heterocycles. The number of aryl methyl sites for hydroxylation is 1. The molecule has 1 aromatic heterocycles. The minimum Gasteiger partial charge on any atom is -0.329 e. The molecule has 0 amide bonds. The van der Waals surface area contributed by atoms with Crippen LogP contribution in [0.5, 0.6) is 0 Å². The van der Waals surface area contributed by atoms with Crippen molar-refractivity contribution in [3.05, 3.63) is 51.8 Å². The van der Waals surface area contributed by atoms with Crippen molar-refractivity contribution in [3.63, 3.8) is 0 Å². The fourth-order valence-electron chi connectivity index (χ4n) is 2.42. The molecule has 5 heteroatoms. The van der Waals surface area contributed by atoms with Gasteiger partial charge >= 0.3 is 0 Å². The number of halogens is 1. The molecule has 0 radical (unpaired) electrons. The second kappa shape index (κ2) is 6.52. The van der Waals surface area contributed by atoms with E-state index in [1.165, 1.54) is 16.8 Å². The smallest absolute Gasteiger partial charge is 0.0540 e. The Morgan fingerprint density at radius 2 is 2.20 bits per heavy atom. The molecule has 2 rings (SSSR count). The Morgan fingerprint density at radius 1 is 1.45 bits per heavy atom. The van der Waals surface area contributed by atoms with Crippen LogP contribution < -0.4 is 5.73 Å². The normalized spacial score (nSPS) is 12.9. The number of rotatable bonds is 5. The molecular weight excluding hydrogens is 316 g/mol. The van der Waals surface area contributed by atoms with E-state index in [9.17, 15) is 0 Å². The molecule has 0 spiro atoms. The van der Waals surface area contributed by atoms with Gasteiger partial charge in [0.1, 0.15) is 0 Å². The molecule has 0 aliphatic heterocycles. The minimum absolute atomic E-state index is 0.183. The van der Waals surface area contributed by atoms with Crippen molar-refractivity contribution in [2.45, 2.75) is 19.5 Å². The highest BCUT2D eigenvalue weighted by molar-refractivity contribution is 9.10. The number of aromatic nitrogens is 2. The van der Waals surface area contributed by atoms with Gasteiger partial charge in [0.2, 0.25) is 0 Å². The van der Waals surface area contributed by atoms with Crippen molar-refractivity contribution in [2.75, 3.05) is 13.6 Å². The third kappa shape index (κ3) is 3.29. The van der Waals surface area contributed by atoms with Crippen LogP contribution in [0.3, 0.4) is 0 Å². The van der Waals surface area contributed by atoms with Gasteiger partial charge in [-0.15, -0.1) is 0 Å². The van der Waals surface area contributed by atoms with E-state index in [0.717, 1.165) is 11.0 Å². The Kier molecular flexibility index (Phi) is 4.96. The van der Waals surface area contributed by atoms with Gasteiger partial charge in [-0.05, 0) is 31.7 Å². The molecule has 4 nitrogen and oxygen atoms in total. The van der Waals surface area contributed by atoms with Gasteiger partial charge in [-0.25, -0.2) is 0 Å². The minimum atomic E-state index is 0.183. The number of likely N-dealkylation sites (N-methyl/N-ethyl adjacent to an activating group) is 1. The molecule has 2 N–H and O–H groups in total. The van der Waals surface area contributed by atoms with E-state index >= 15 is 0 Å². The van der Waals surface area contributed by atoms with Crippen molar-refractivity contribution >= 4 is 15.9 Å². The Bertz CT molecular complexity index is 579. The molecule has 1 heterocycles. The summed E-state index contributed by atoms with van der Waals surface area (Å²) in [5, 5.41) is 4.32. The number of hydrogen-bond donors (Lipinski definition) is 1. The summed E-state index contributed by atoms with van der Waals surface area (Å²) in [7, 11) is 4.06. The quantitative estimate of drug-likeness (QED) is 0.912. The van der Waals surface area contributed by atoms with E-state index in [1.54, 1.807) is 0 Å². The van der Waals surface area contributed by atoms with Gasteiger partial charge < -0.3 is 5.73 Å². The summed E-state index contributed by atoms with van der Waals surface area (Å²) >= 11 is 3.51. The van der Waals surface area contributed by atoms with Gasteiger partial charge in [0.15, 0.2) is 0 Å². The third-order valence-electron chi connectivity index (χ3n) is 3.71. The van der Waals surface area contributed by atoms with Crippen LogP contribution in [0.4, 0.5) is 0 Å². The Labute approximate surface area is 128 Å². The summed E-state index contributed by atoms with van der Waals surface area (Å²) in [4.78, 5) is 2.27. The summed E-state index contributed by atoms with van der Waals surface area (Å²) in [6, 6.07) is 8.54. The first-order valence-electron chi connectivity index (χ1n) is 6.66. The number of nitrogens with zero attached hydrogens (tertiary/aromatic N) is 3. The second-order valence-corrected chi connectivity index (χ2v) is 6.02. The van der Waals surface area contributed by atoms with Crippen LogP contribution in [-0.2, 0) is 13.6 Å². The third-order valence-corrected chi connectivity index (χ3v) is 4.20. The summed E-state index contributed by atoms with van der Waals surface area (Å²) in [6.07, 6.45) is 1.92. The van der Waals surface area contributed by atoms with E-state index < -0.39 is 0 Å². The molecule has 1 unspecified atom stereocenters. The Morgan fingerprint density at radius 3 is 2.75 bits per heavy atom. The molecule has 108 valence electrons. The summed E-state index contributed by atoms with van der Waals surface area (Å²) < 4.78 is 3.00. The molecule has 2 aromatic rings. The van der Waals surface area contributed by atoms with Crippen LogP contribution in [0.25, 0.3) is 0 Å². The molecular formula is C15H21BrN4. The highest BCUT2D eigenvalue weighted by atomic mass is 79.9. The molecule has 0 bridgehead atoms. The predicted octanol–water partition coefficient (Wildman–Crippen LogP) is 2.62. The molecule has 0 aliphatic carbocycles. The maximum Gasteiger partial charge on any atom is 0.0540 e. The topological polar surface area (TPSA) is 47.1 Å².